The smallest absolute Gasteiger partial charge is 0.289 e. The first kappa shape index (κ1) is 12.6. The Kier molecular flexibility index (Phi) is 3.11. The van der Waals surface area contributed by atoms with Gasteiger partial charge < -0.3 is 0 Å². The Labute approximate surface area is 101 Å². The fourth-order valence-electron chi connectivity index (χ4n) is 1.82. The number of hydrogen-bond donors (Lipinski definition) is 0. The Bertz CT molecular complexity index is 587. The van der Waals surface area contributed by atoms with E-state index in [0.717, 1.165) is 5.52 Å². The van der Waals surface area contributed by atoms with Gasteiger partial charge in [-0.2, -0.15) is 18.3 Å². The molecule has 2 aromatic rings. The molecule has 1 heterocycles. The molecule has 0 aliphatic rings. The van der Waals surface area contributed by atoms with Crippen LogP contribution in [0, 0.1) is 0 Å². The summed E-state index contributed by atoms with van der Waals surface area (Å²) in [5, 5.41) is 4.65. The number of rotatable bonds is 3. The van der Waals surface area contributed by atoms with Crippen molar-refractivity contribution < 1.29 is 18.0 Å². The highest BCUT2D eigenvalue weighted by atomic mass is 19.4. The van der Waals surface area contributed by atoms with E-state index in [2.05, 4.69) is 5.10 Å². The predicted octanol–water partition coefficient (Wildman–Crippen LogP) is 2.73. The zero-order chi connectivity index (χ0) is 13.3. The van der Waals surface area contributed by atoms with E-state index in [1.54, 1.807) is 28.9 Å². The molecule has 0 fully saturated rings. The molecule has 0 N–H and O–H groups in total. The third-order valence-electron chi connectivity index (χ3n) is 2.68. The molecular formula is C12H11F3N2O. The van der Waals surface area contributed by atoms with Crippen molar-refractivity contribution >= 4 is 16.7 Å². The molecule has 0 bridgehead atoms. The number of halogens is 3. The molecule has 1 aromatic carbocycles. The lowest BCUT2D eigenvalue weighted by atomic mass is 10.1. The van der Waals surface area contributed by atoms with Crippen molar-refractivity contribution in [3.05, 3.63) is 30.0 Å². The van der Waals surface area contributed by atoms with E-state index >= 15 is 0 Å². The minimum absolute atomic E-state index is 0.176. The summed E-state index contributed by atoms with van der Waals surface area (Å²) in [5.74, 6) is -1.77. The van der Waals surface area contributed by atoms with Crippen LogP contribution in [-0.2, 0) is 17.8 Å². The topological polar surface area (TPSA) is 34.9 Å². The van der Waals surface area contributed by atoms with Gasteiger partial charge in [-0.15, -0.1) is 0 Å². The molecule has 0 saturated heterocycles. The summed E-state index contributed by atoms with van der Waals surface area (Å²) in [6, 6.07) is 6.94. The highest BCUT2D eigenvalue weighted by Crippen LogP contribution is 2.23. The molecule has 0 saturated carbocycles. The van der Waals surface area contributed by atoms with Gasteiger partial charge in [0.05, 0.1) is 17.6 Å². The number of aromatic nitrogens is 2. The second kappa shape index (κ2) is 4.44. The van der Waals surface area contributed by atoms with Gasteiger partial charge in [0.1, 0.15) is 0 Å². The highest BCUT2D eigenvalue weighted by molar-refractivity contribution is 5.91. The lowest BCUT2D eigenvalue weighted by Gasteiger charge is -2.02. The maximum absolute atomic E-state index is 12.2. The molecule has 6 heteroatoms. The number of hydrogen-bond acceptors (Lipinski definition) is 2. The Morgan fingerprint density at radius 2 is 2.00 bits per heavy atom. The number of Topliss-reactive ketones (excluding diaryl/α,β-unsaturated/α-hetero) is 1. The summed E-state index contributed by atoms with van der Waals surface area (Å²) in [5.41, 5.74) is 0.916. The minimum Gasteiger partial charge on any atom is -0.289 e. The third-order valence-corrected chi connectivity index (χ3v) is 2.68. The Hall–Kier alpha value is -1.85. The van der Waals surface area contributed by atoms with Crippen LogP contribution >= 0.6 is 0 Å². The van der Waals surface area contributed by atoms with Gasteiger partial charge >= 0.3 is 6.18 Å². The van der Waals surface area contributed by atoms with Crippen molar-refractivity contribution in [2.45, 2.75) is 26.1 Å². The molecule has 0 radical (unpaired) electrons. The van der Waals surface area contributed by atoms with Gasteiger partial charge in [0.2, 0.25) is 5.78 Å². The number of aryl methyl sites for hydroxylation is 1. The van der Waals surface area contributed by atoms with Crippen LogP contribution in [0.5, 0.6) is 0 Å². The molecule has 3 nitrogen and oxygen atoms in total. The fourth-order valence-corrected chi connectivity index (χ4v) is 1.82. The van der Waals surface area contributed by atoms with Crippen LogP contribution in [-0.4, -0.2) is 21.7 Å². The first-order valence-corrected chi connectivity index (χ1v) is 5.48. The number of benzene rings is 1. The summed E-state index contributed by atoms with van der Waals surface area (Å²) in [6.07, 6.45) is -5.52. The van der Waals surface area contributed by atoms with Crippen molar-refractivity contribution in [3.63, 3.8) is 0 Å². The summed E-state index contributed by atoms with van der Waals surface area (Å²) < 4.78 is 38.3. The van der Waals surface area contributed by atoms with Crippen molar-refractivity contribution in [1.29, 1.82) is 0 Å². The summed E-state index contributed by atoms with van der Waals surface area (Å²) >= 11 is 0. The maximum atomic E-state index is 12.2. The third kappa shape index (κ3) is 2.23. The van der Waals surface area contributed by atoms with Crippen LogP contribution in [0.25, 0.3) is 10.9 Å². The summed E-state index contributed by atoms with van der Waals surface area (Å²) in [7, 11) is 0. The van der Waals surface area contributed by atoms with Crippen molar-refractivity contribution in [3.8, 4) is 0 Å². The van der Waals surface area contributed by atoms with Crippen LogP contribution < -0.4 is 0 Å². The van der Waals surface area contributed by atoms with Crippen molar-refractivity contribution in [2.75, 3.05) is 0 Å². The van der Waals surface area contributed by atoms with Gasteiger partial charge in [0.15, 0.2) is 0 Å². The van der Waals surface area contributed by atoms with Gasteiger partial charge in [0.25, 0.3) is 0 Å². The van der Waals surface area contributed by atoms with E-state index in [4.69, 9.17) is 0 Å². The van der Waals surface area contributed by atoms with Gasteiger partial charge in [-0.1, -0.05) is 18.2 Å². The molecule has 18 heavy (non-hydrogen) atoms. The minimum atomic E-state index is -4.81. The maximum Gasteiger partial charge on any atom is 0.450 e. The van der Waals surface area contributed by atoms with Crippen LogP contribution in [0.2, 0.25) is 0 Å². The number of carbonyl (C=O) groups is 1. The molecule has 0 amide bonds. The van der Waals surface area contributed by atoms with Gasteiger partial charge in [-0.3, -0.25) is 9.48 Å². The molecular weight excluding hydrogens is 245 g/mol. The number of ketones is 1. The summed E-state index contributed by atoms with van der Waals surface area (Å²) in [4.78, 5) is 11.0. The fraction of sp³-hybridized carbons (Fsp3) is 0.333. The number of para-hydroxylation sites is 1. The highest BCUT2D eigenvalue weighted by Gasteiger charge is 2.38. The second-order valence-corrected chi connectivity index (χ2v) is 3.88. The van der Waals surface area contributed by atoms with E-state index < -0.39 is 18.4 Å². The molecule has 0 aliphatic carbocycles. The quantitative estimate of drug-likeness (QED) is 0.846. The van der Waals surface area contributed by atoms with E-state index in [0.29, 0.717) is 11.9 Å². The first-order valence-electron chi connectivity index (χ1n) is 5.48. The van der Waals surface area contributed by atoms with Crippen LogP contribution in [0.3, 0.4) is 0 Å². The molecule has 1 aromatic heterocycles. The van der Waals surface area contributed by atoms with Gasteiger partial charge in [0, 0.05) is 11.9 Å². The molecule has 0 unspecified atom stereocenters. The van der Waals surface area contributed by atoms with Crippen LogP contribution in [0.15, 0.2) is 24.3 Å². The Balaban J connectivity index is 2.43. The Morgan fingerprint density at radius 1 is 1.33 bits per heavy atom. The average molecular weight is 256 g/mol. The molecule has 0 spiro atoms. The molecule has 0 aliphatic heterocycles. The van der Waals surface area contributed by atoms with E-state index in [1.165, 1.54) is 0 Å². The monoisotopic (exact) mass is 256 g/mol. The molecule has 96 valence electrons. The predicted molar refractivity (Wildman–Crippen MR) is 60.2 cm³/mol. The van der Waals surface area contributed by atoms with Crippen molar-refractivity contribution in [1.82, 2.24) is 9.78 Å². The molecule has 2 rings (SSSR count). The number of carbonyl (C=O) groups excluding carboxylic acids is 1. The lowest BCUT2D eigenvalue weighted by Crippen LogP contribution is -2.24. The number of fused-ring (bicyclic) bond motifs is 1. The van der Waals surface area contributed by atoms with Gasteiger partial charge in [-0.25, -0.2) is 0 Å². The number of nitrogens with zero attached hydrogens (tertiary/aromatic N) is 2. The van der Waals surface area contributed by atoms with E-state index in [1.807, 2.05) is 6.92 Å². The van der Waals surface area contributed by atoms with Crippen LogP contribution in [0.4, 0.5) is 13.2 Å². The van der Waals surface area contributed by atoms with Crippen LogP contribution in [0.1, 0.15) is 12.6 Å². The Morgan fingerprint density at radius 3 is 2.61 bits per heavy atom. The average Bonchev–Trinajstić information content (AvgIpc) is 2.67. The lowest BCUT2D eigenvalue weighted by molar-refractivity contribution is -0.170. The standard InChI is InChI=1S/C12H11F3N2O/c1-2-17-10-6-4-3-5-8(10)9(16-17)7-11(18)12(13,14)15/h3-6H,2,7H2,1H3. The largest absolute Gasteiger partial charge is 0.450 e. The zero-order valence-corrected chi connectivity index (χ0v) is 9.66. The van der Waals surface area contributed by atoms with Crippen molar-refractivity contribution in [2.24, 2.45) is 0 Å². The van der Waals surface area contributed by atoms with Gasteiger partial charge in [-0.05, 0) is 13.0 Å². The zero-order valence-electron chi connectivity index (χ0n) is 9.66. The first-order chi connectivity index (χ1) is 8.43. The normalized spacial score (nSPS) is 12.0. The second-order valence-electron chi connectivity index (χ2n) is 3.88. The SMILES string of the molecule is CCn1nc(CC(=O)C(F)(F)F)c2ccccc21. The van der Waals surface area contributed by atoms with E-state index in [-0.39, 0.29) is 5.69 Å². The summed E-state index contributed by atoms with van der Waals surface area (Å²) in [6.45, 7) is 2.38. The van der Waals surface area contributed by atoms with E-state index in [9.17, 15) is 18.0 Å². The molecule has 0 atom stereocenters. The number of alkyl halides is 3.